The van der Waals surface area contributed by atoms with Crippen LogP contribution in [0.15, 0.2) is 5.16 Å². The highest BCUT2D eigenvalue weighted by atomic mass is 16.6. The molecule has 0 aromatic heterocycles. The summed E-state index contributed by atoms with van der Waals surface area (Å²) in [5.74, 6) is 0.0706. The van der Waals surface area contributed by atoms with E-state index in [1.54, 1.807) is 7.11 Å². The molecule has 2 bridgehead atoms. The number of carboxylic acid groups (broad SMARTS) is 1. The van der Waals surface area contributed by atoms with Crippen molar-refractivity contribution < 1.29 is 14.7 Å². The number of oxime groups is 1. The standard InChI is InChI=1S/C14H23NO3/c1-5-9(13(16)17)10-6-8-7-11(14(8,2)3)12(10)15-18-4/h8-11H,5-7H2,1-4H3,(H,16,17)/b15-12-/t8-,9?,10+,11-/m0/s1. The fourth-order valence-electron chi connectivity index (χ4n) is 3.84. The van der Waals surface area contributed by atoms with E-state index in [0.29, 0.717) is 18.3 Å². The fourth-order valence-corrected chi connectivity index (χ4v) is 3.84. The molecule has 1 N–H and O–H groups in total. The zero-order chi connectivity index (χ0) is 13.5. The van der Waals surface area contributed by atoms with Gasteiger partial charge in [-0.15, -0.1) is 0 Å². The Morgan fingerprint density at radius 2 is 2.22 bits per heavy atom. The van der Waals surface area contributed by atoms with Crippen molar-refractivity contribution in [2.75, 3.05) is 7.11 Å². The molecule has 4 atom stereocenters. The highest BCUT2D eigenvalue weighted by molar-refractivity contribution is 5.94. The van der Waals surface area contributed by atoms with Crippen molar-refractivity contribution in [3.05, 3.63) is 0 Å². The maximum Gasteiger partial charge on any atom is 0.307 e. The molecule has 1 unspecified atom stereocenters. The lowest BCUT2D eigenvalue weighted by molar-refractivity contribution is -0.144. The Balaban J connectivity index is 2.27. The SMILES string of the molecule is CCC(C(=O)O)[C@H]1C[C@H]2C[C@@H](/C1=N\OC)C2(C)C. The van der Waals surface area contributed by atoms with Crippen LogP contribution >= 0.6 is 0 Å². The van der Waals surface area contributed by atoms with E-state index >= 15 is 0 Å². The number of hydrogen-bond acceptors (Lipinski definition) is 3. The van der Waals surface area contributed by atoms with Gasteiger partial charge in [-0.3, -0.25) is 4.79 Å². The van der Waals surface area contributed by atoms with Gasteiger partial charge in [-0.25, -0.2) is 0 Å². The maximum atomic E-state index is 11.4. The molecule has 0 aromatic rings. The third-order valence-electron chi connectivity index (χ3n) is 5.19. The Labute approximate surface area is 108 Å². The molecule has 3 rings (SSSR count). The second-order valence-corrected chi connectivity index (χ2v) is 6.20. The van der Waals surface area contributed by atoms with Gasteiger partial charge < -0.3 is 9.94 Å². The van der Waals surface area contributed by atoms with E-state index < -0.39 is 5.97 Å². The molecule has 4 heteroatoms. The van der Waals surface area contributed by atoms with Gasteiger partial charge in [0.1, 0.15) is 7.11 Å². The predicted molar refractivity (Wildman–Crippen MR) is 69.3 cm³/mol. The van der Waals surface area contributed by atoms with Crippen LogP contribution in [0.3, 0.4) is 0 Å². The topological polar surface area (TPSA) is 58.9 Å². The molecule has 0 spiro atoms. The first-order valence-electron chi connectivity index (χ1n) is 6.77. The van der Waals surface area contributed by atoms with E-state index in [-0.39, 0.29) is 17.3 Å². The lowest BCUT2D eigenvalue weighted by Crippen LogP contribution is -2.58. The second-order valence-electron chi connectivity index (χ2n) is 6.20. The van der Waals surface area contributed by atoms with Crippen LogP contribution in [0.2, 0.25) is 0 Å². The van der Waals surface area contributed by atoms with Crippen molar-refractivity contribution in [3.8, 4) is 0 Å². The Bertz CT molecular complexity index is 375. The molecular weight excluding hydrogens is 230 g/mol. The zero-order valence-corrected chi connectivity index (χ0v) is 11.6. The molecule has 0 aliphatic heterocycles. The molecule has 0 aromatic carbocycles. The number of nitrogens with zero attached hydrogens (tertiary/aromatic N) is 1. The predicted octanol–water partition coefficient (Wildman–Crippen LogP) is 2.78. The summed E-state index contributed by atoms with van der Waals surface area (Å²) in [6.45, 7) is 6.46. The van der Waals surface area contributed by atoms with E-state index in [4.69, 9.17) is 4.84 Å². The molecule has 0 heterocycles. The number of rotatable bonds is 4. The summed E-state index contributed by atoms with van der Waals surface area (Å²) in [5.41, 5.74) is 1.24. The van der Waals surface area contributed by atoms with E-state index in [1.165, 1.54) is 0 Å². The number of carboxylic acids is 1. The van der Waals surface area contributed by atoms with Crippen molar-refractivity contribution in [2.45, 2.75) is 40.0 Å². The zero-order valence-electron chi connectivity index (χ0n) is 11.6. The lowest BCUT2D eigenvalue weighted by atomic mass is 9.45. The average Bonchev–Trinajstić information content (AvgIpc) is 2.31. The maximum absolute atomic E-state index is 11.4. The van der Waals surface area contributed by atoms with Crippen molar-refractivity contribution in [2.24, 2.45) is 34.2 Å². The Morgan fingerprint density at radius 1 is 1.56 bits per heavy atom. The summed E-state index contributed by atoms with van der Waals surface area (Å²) in [7, 11) is 1.55. The molecular formula is C14H23NO3. The van der Waals surface area contributed by atoms with Gasteiger partial charge in [0.05, 0.1) is 11.6 Å². The molecule has 0 amide bonds. The van der Waals surface area contributed by atoms with Crippen LogP contribution in [-0.2, 0) is 9.63 Å². The molecule has 3 aliphatic carbocycles. The summed E-state index contributed by atoms with van der Waals surface area (Å²) in [6.07, 6.45) is 2.74. The summed E-state index contributed by atoms with van der Waals surface area (Å²) in [6, 6.07) is 0. The van der Waals surface area contributed by atoms with E-state index in [9.17, 15) is 9.90 Å². The van der Waals surface area contributed by atoms with Gasteiger partial charge in [-0.05, 0) is 30.6 Å². The van der Waals surface area contributed by atoms with E-state index in [1.807, 2.05) is 6.92 Å². The normalized spacial score (nSPS) is 36.9. The molecule has 0 saturated heterocycles. The minimum atomic E-state index is -0.703. The van der Waals surface area contributed by atoms with Crippen LogP contribution in [0.5, 0.6) is 0 Å². The fraction of sp³-hybridized carbons (Fsp3) is 0.857. The van der Waals surface area contributed by atoms with Crippen LogP contribution in [0, 0.1) is 29.1 Å². The summed E-state index contributed by atoms with van der Waals surface area (Å²) in [5, 5.41) is 13.5. The molecule has 3 fully saturated rings. The molecule has 4 nitrogen and oxygen atoms in total. The molecule has 0 radical (unpaired) electrons. The molecule has 3 aliphatic rings. The molecule has 3 saturated carbocycles. The first-order valence-corrected chi connectivity index (χ1v) is 6.77. The first-order chi connectivity index (χ1) is 8.43. The summed E-state index contributed by atoms with van der Waals surface area (Å²) in [4.78, 5) is 16.3. The van der Waals surface area contributed by atoms with Crippen LogP contribution in [0.4, 0.5) is 0 Å². The van der Waals surface area contributed by atoms with E-state index in [2.05, 4.69) is 19.0 Å². The van der Waals surface area contributed by atoms with Gasteiger partial charge in [0.2, 0.25) is 0 Å². The van der Waals surface area contributed by atoms with Crippen LogP contribution in [0.1, 0.15) is 40.0 Å². The summed E-state index contributed by atoms with van der Waals surface area (Å²) >= 11 is 0. The number of fused-ring (bicyclic) bond motifs is 2. The van der Waals surface area contributed by atoms with Crippen LogP contribution in [-0.4, -0.2) is 23.9 Å². The monoisotopic (exact) mass is 253 g/mol. The number of aliphatic carboxylic acids is 1. The highest BCUT2D eigenvalue weighted by Crippen LogP contribution is 2.60. The summed E-state index contributed by atoms with van der Waals surface area (Å²) < 4.78 is 0. The van der Waals surface area contributed by atoms with Gasteiger partial charge in [0, 0.05) is 11.8 Å². The highest BCUT2D eigenvalue weighted by Gasteiger charge is 2.58. The average molecular weight is 253 g/mol. The van der Waals surface area contributed by atoms with Crippen LogP contribution < -0.4 is 0 Å². The van der Waals surface area contributed by atoms with Crippen LogP contribution in [0.25, 0.3) is 0 Å². The van der Waals surface area contributed by atoms with Gasteiger partial charge >= 0.3 is 5.97 Å². The minimum Gasteiger partial charge on any atom is -0.481 e. The Hall–Kier alpha value is -1.06. The second kappa shape index (κ2) is 4.56. The van der Waals surface area contributed by atoms with Gasteiger partial charge in [-0.2, -0.15) is 0 Å². The smallest absolute Gasteiger partial charge is 0.307 e. The van der Waals surface area contributed by atoms with E-state index in [0.717, 1.165) is 18.6 Å². The quantitative estimate of drug-likeness (QED) is 0.784. The third kappa shape index (κ3) is 1.82. The van der Waals surface area contributed by atoms with Gasteiger partial charge in [0.25, 0.3) is 0 Å². The van der Waals surface area contributed by atoms with Crippen molar-refractivity contribution in [3.63, 3.8) is 0 Å². The Kier molecular flexibility index (Phi) is 3.39. The first kappa shape index (κ1) is 13.4. The van der Waals surface area contributed by atoms with Gasteiger partial charge in [-0.1, -0.05) is 25.9 Å². The molecule has 102 valence electrons. The minimum absolute atomic E-state index is 0.0595. The Morgan fingerprint density at radius 3 is 2.67 bits per heavy atom. The third-order valence-corrected chi connectivity index (χ3v) is 5.19. The molecule has 18 heavy (non-hydrogen) atoms. The van der Waals surface area contributed by atoms with Crippen molar-refractivity contribution >= 4 is 11.7 Å². The lowest BCUT2D eigenvalue weighted by Gasteiger charge is -2.59. The van der Waals surface area contributed by atoms with Crippen molar-refractivity contribution in [1.82, 2.24) is 0 Å². The number of carbonyl (C=O) groups is 1. The number of hydrogen-bond donors (Lipinski definition) is 1. The largest absolute Gasteiger partial charge is 0.481 e. The van der Waals surface area contributed by atoms with Crippen molar-refractivity contribution in [1.29, 1.82) is 0 Å². The van der Waals surface area contributed by atoms with Gasteiger partial charge in [0.15, 0.2) is 0 Å².